The summed E-state index contributed by atoms with van der Waals surface area (Å²) in [5.74, 6) is 0.603. The van der Waals surface area contributed by atoms with Gasteiger partial charge in [-0.25, -0.2) is 0 Å². The van der Waals surface area contributed by atoms with Crippen molar-refractivity contribution in [3.8, 4) is 0 Å². The third-order valence-corrected chi connectivity index (χ3v) is 2.31. The summed E-state index contributed by atoms with van der Waals surface area (Å²) >= 11 is 0. The van der Waals surface area contributed by atoms with Crippen molar-refractivity contribution >= 4 is 0 Å². The highest BCUT2D eigenvalue weighted by atomic mass is 15.2. The van der Waals surface area contributed by atoms with Gasteiger partial charge < -0.3 is 4.90 Å². The van der Waals surface area contributed by atoms with E-state index in [1.165, 1.54) is 18.8 Å². The molecule has 0 aromatic carbocycles. The molecule has 64 valence electrons. The maximum Gasteiger partial charge on any atom is 0.0243 e. The van der Waals surface area contributed by atoms with Gasteiger partial charge in [-0.15, -0.1) is 0 Å². The predicted molar refractivity (Wildman–Crippen MR) is 49.3 cm³/mol. The quantitative estimate of drug-likeness (QED) is 0.589. The molecule has 0 radical (unpaired) electrons. The summed E-state index contributed by atoms with van der Waals surface area (Å²) in [6.45, 7) is 15.4. The number of hydrogen-bond acceptors (Lipinski definition) is 1. The third-order valence-electron chi connectivity index (χ3n) is 2.31. The average molecular weight is 153 g/mol. The van der Waals surface area contributed by atoms with E-state index in [1.54, 1.807) is 0 Å². The van der Waals surface area contributed by atoms with Gasteiger partial charge in [-0.3, -0.25) is 0 Å². The first-order valence-corrected chi connectivity index (χ1v) is 4.36. The van der Waals surface area contributed by atoms with Crippen molar-refractivity contribution in [3.05, 3.63) is 12.3 Å². The van der Waals surface area contributed by atoms with Crippen LogP contribution in [0.1, 0.15) is 27.7 Å². The van der Waals surface area contributed by atoms with Gasteiger partial charge in [0.25, 0.3) is 0 Å². The van der Waals surface area contributed by atoms with Gasteiger partial charge in [-0.05, 0) is 11.3 Å². The van der Waals surface area contributed by atoms with Crippen LogP contribution in [0, 0.1) is 11.3 Å². The minimum absolute atomic E-state index is 0.526. The van der Waals surface area contributed by atoms with Gasteiger partial charge in [-0.2, -0.15) is 0 Å². The van der Waals surface area contributed by atoms with Crippen molar-refractivity contribution in [1.82, 2.24) is 4.90 Å². The van der Waals surface area contributed by atoms with Gasteiger partial charge in [0, 0.05) is 18.8 Å². The Labute approximate surface area is 70.1 Å². The van der Waals surface area contributed by atoms with E-state index in [0.29, 0.717) is 11.3 Å². The number of allylic oxidation sites excluding steroid dienone is 1. The van der Waals surface area contributed by atoms with Gasteiger partial charge in [0.05, 0.1) is 0 Å². The van der Waals surface area contributed by atoms with Crippen LogP contribution in [0.3, 0.4) is 0 Å². The zero-order valence-corrected chi connectivity index (χ0v) is 8.15. The van der Waals surface area contributed by atoms with Crippen LogP contribution >= 0.6 is 0 Å². The van der Waals surface area contributed by atoms with Crippen molar-refractivity contribution in [1.29, 1.82) is 0 Å². The summed E-state index contributed by atoms with van der Waals surface area (Å²) < 4.78 is 0. The maximum absolute atomic E-state index is 4.07. The van der Waals surface area contributed by atoms with Crippen molar-refractivity contribution in [2.24, 2.45) is 11.3 Å². The summed E-state index contributed by atoms with van der Waals surface area (Å²) in [5.41, 5.74) is 1.82. The Kier molecular flexibility index (Phi) is 2.00. The molecule has 0 amide bonds. The SMILES string of the molecule is C=C(C(C)C)N1CC(C)(C)C1. The predicted octanol–water partition coefficient (Wildman–Crippen LogP) is 2.50. The molecule has 0 saturated carbocycles. The number of rotatable bonds is 2. The molecule has 0 aliphatic carbocycles. The summed E-state index contributed by atoms with van der Waals surface area (Å²) in [4.78, 5) is 2.38. The topological polar surface area (TPSA) is 3.24 Å². The normalized spacial score (nSPS) is 21.7. The van der Waals surface area contributed by atoms with E-state index in [-0.39, 0.29) is 0 Å². The summed E-state index contributed by atoms with van der Waals surface area (Å²) in [6, 6.07) is 0. The molecule has 0 atom stereocenters. The van der Waals surface area contributed by atoms with Crippen molar-refractivity contribution in [2.45, 2.75) is 27.7 Å². The summed E-state index contributed by atoms with van der Waals surface area (Å²) in [7, 11) is 0. The van der Waals surface area contributed by atoms with Crippen LogP contribution in [0.25, 0.3) is 0 Å². The van der Waals surface area contributed by atoms with E-state index in [1.807, 2.05) is 0 Å². The standard InChI is InChI=1S/C10H19N/c1-8(2)9(3)11-6-10(4,5)7-11/h8H,3,6-7H2,1-2,4-5H3. The van der Waals surface area contributed by atoms with Crippen LogP contribution in [-0.2, 0) is 0 Å². The molecule has 11 heavy (non-hydrogen) atoms. The molecule has 0 spiro atoms. The lowest BCUT2D eigenvalue weighted by Crippen LogP contribution is -2.52. The molecule has 1 nitrogen and oxygen atoms in total. The lowest BCUT2D eigenvalue weighted by molar-refractivity contribution is 0.0559. The van der Waals surface area contributed by atoms with Gasteiger partial charge >= 0.3 is 0 Å². The summed E-state index contributed by atoms with van der Waals surface area (Å²) in [5, 5.41) is 0. The monoisotopic (exact) mass is 153 g/mol. The molecule has 1 aliphatic rings. The van der Waals surface area contributed by atoms with Crippen LogP contribution in [-0.4, -0.2) is 18.0 Å². The Morgan fingerprint density at radius 1 is 1.36 bits per heavy atom. The molecule has 1 aliphatic heterocycles. The molecule has 1 fully saturated rings. The van der Waals surface area contributed by atoms with Gasteiger partial charge in [0.2, 0.25) is 0 Å². The Morgan fingerprint density at radius 2 is 1.82 bits per heavy atom. The third kappa shape index (κ3) is 1.76. The number of likely N-dealkylation sites (tertiary alicyclic amines) is 1. The fourth-order valence-electron chi connectivity index (χ4n) is 1.56. The Morgan fingerprint density at radius 3 is 2.09 bits per heavy atom. The second-order valence-electron chi connectivity index (χ2n) is 4.67. The highest BCUT2D eigenvalue weighted by Gasteiger charge is 2.34. The van der Waals surface area contributed by atoms with Crippen LogP contribution in [0.4, 0.5) is 0 Å². The van der Waals surface area contributed by atoms with E-state index >= 15 is 0 Å². The molecular formula is C10H19N. The molecule has 0 aromatic heterocycles. The fourth-order valence-corrected chi connectivity index (χ4v) is 1.56. The van der Waals surface area contributed by atoms with E-state index in [2.05, 4.69) is 39.2 Å². The highest BCUT2D eigenvalue weighted by Crippen LogP contribution is 2.33. The van der Waals surface area contributed by atoms with Gasteiger partial charge in [0.15, 0.2) is 0 Å². The number of hydrogen-bond donors (Lipinski definition) is 0. The highest BCUT2D eigenvalue weighted by molar-refractivity contribution is 5.05. The molecular weight excluding hydrogens is 134 g/mol. The van der Waals surface area contributed by atoms with Gasteiger partial charge in [-0.1, -0.05) is 34.3 Å². The summed E-state index contributed by atoms with van der Waals surface area (Å²) in [6.07, 6.45) is 0. The average Bonchev–Trinajstić information content (AvgIpc) is 1.80. The zero-order valence-electron chi connectivity index (χ0n) is 8.15. The second kappa shape index (κ2) is 2.54. The first-order chi connectivity index (χ1) is 4.92. The molecule has 1 saturated heterocycles. The van der Waals surface area contributed by atoms with Crippen molar-refractivity contribution < 1.29 is 0 Å². The maximum atomic E-state index is 4.07. The first kappa shape index (κ1) is 8.63. The van der Waals surface area contributed by atoms with E-state index in [9.17, 15) is 0 Å². The lowest BCUT2D eigenvalue weighted by atomic mass is 9.83. The van der Waals surface area contributed by atoms with Crippen LogP contribution in [0.2, 0.25) is 0 Å². The molecule has 0 bridgehead atoms. The van der Waals surface area contributed by atoms with E-state index < -0.39 is 0 Å². The molecule has 1 heteroatoms. The second-order valence-corrected chi connectivity index (χ2v) is 4.67. The van der Waals surface area contributed by atoms with Crippen LogP contribution < -0.4 is 0 Å². The molecule has 1 heterocycles. The fraction of sp³-hybridized carbons (Fsp3) is 0.800. The molecule has 0 N–H and O–H groups in total. The molecule has 1 rings (SSSR count). The van der Waals surface area contributed by atoms with Crippen molar-refractivity contribution in [3.63, 3.8) is 0 Å². The van der Waals surface area contributed by atoms with Crippen molar-refractivity contribution in [2.75, 3.05) is 13.1 Å². The Hall–Kier alpha value is -0.460. The minimum Gasteiger partial charge on any atom is -0.374 e. The Balaban J connectivity index is 2.38. The largest absolute Gasteiger partial charge is 0.374 e. The smallest absolute Gasteiger partial charge is 0.0243 e. The number of nitrogens with zero attached hydrogens (tertiary/aromatic N) is 1. The van der Waals surface area contributed by atoms with Crippen LogP contribution in [0.15, 0.2) is 12.3 Å². The Bertz CT molecular complexity index is 160. The zero-order chi connectivity index (χ0) is 8.65. The lowest BCUT2D eigenvalue weighted by Gasteiger charge is -2.49. The van der Waals surface area contributed by atoms with E-state index in [0.717, 1.165) is 0 Å². The van der Waals surface area contributed by atoms with Gasteiger partial charge in [0.1, 0.15) is 0 Å². The van der Waals surface area contributed by atoms with Crippen LogP contribution in [0.5, 0.6) is 0 Å². The molecule has 0 unspecified atom stereocenters. The van der Waals surface area contributed by atoms with E-state index in [4.69, 9.17) is 0 Å². The minimum atomic E-state index is 0.526. The molecule has 0 aromatic rings. The first-order valence-electron chi connectivity index (χ1n) is 4.36.